The van der Waals surface area contributed by atoms with E-state index in [1.165, 1.54) is 5.56 Å². The van der Waals surface area contributed by atoms with E-state index in [0.29, 0.717) is 0 Å². The van der Waals surface area contributed by atoms with Crippen LogP contribution in [0.1, 0.15) is 25.3 Å². The van der Waals surface area contributed by atoms with E-state index >= 15 is 0 Å². The number of guanidine groups is 1. The maximum Gasteiger partial charge on any atom is 0.191 e. The quantitative estimate of drug-likeness (QED) is 0.304. The van der Waals surface area contributed by atoms with Crippen molar-refractivity contribution in [1.82, 2.24) is 15.5 Å². The third-order valence-corrected chi connectivity index (χ3v) is 5.86. The average molecular weight is 532 g/mol. The molecule has 2 aliphatic rings. The second kappa shape index (κ2) is 13.3. The van der Waals surface area contributed by atoms with Gasteiger partial charge in [0.1, 0.15) is 5.75 Å². The Morgan fingerprint density at radius 2 is 1.73 bits per heavy atom. The van der Waals surface area contributed by atoms with Crippen LogP contribution in [0.4, 0.5) is 0 Å². The van der Waals surface area contributed by atoms with E-state index in [-0.39, 0.29) is 29.4 Å². The maximum atomic E-state index is 5.66. The van der Waals surface area contributed by atoms with Crippen molar-refractivity contribution in [1.29, 1.82) is 0 Å². The number of morpholine rings is 1. The van der Waals surface area contributed by atoms with E-state index in [1.54, 1.807) is 7.11 Å². The molecule has 30 heavy (non-hydrogen) atoms. The Balaban J connectivity index is 0.00000320. The maximum absolute atomic E-state index is 5.66. The number of benzene rings is 1. The molecule has 2 N–H and O–H groups in total. The fourth-order valence-corrected chi connectivity index (χ4v) is 3.97. The lowest BCUT2D eigenvalue weighted by Gasteiger charge is -2.36. The number of nitrogens with zero attached hydrogens (tertiary/aromatic N) is 2. The van der Waals surface area contributed by atoms with Crippen LogP contribution in [0.3, 0.4) is 0 Å². The molecule has 0 atom stereocenters. The number of nitrogens with one attached hydrogen (secondary N) is 2. The first kappa shape index (κ1) is 25.2. The number of methoxy groups -OCH3 is 1. The molecule has 8 heteroatoms. The van der Waals surface area contributed by atoms with Crippen LogP contribution in [0.15, 0.2) is 29.3 Å². The van der Waals surface area contributed by atoms with Gasteiger partial charge in [-0.05, 0) is 37.5 Å². The van der Waals surface area contributed by atoms with Gasteiger partial charge in [0.25, 0.3) is 0 Å². The summed E-state index contributed by atoms with van der Waals surface area (Å²) in [5, 5.41) is 6.89. The van der Waals surface area contributed by atoms with Crippen LogP contribution < -0.4 is 15.4 Å². The van der Waals surface area contributed by atoms with Crippen LogP contribution in [0.2, 0.25) is 0 Å². The summed E-state index contributed by atoms with van der Waals surface area (Å²) >= 11 is 0. The van der Waals surface area contributed by atoms with Gasteiger partial charge in [-0.25, -0.2) is 0 Å². The lowest BCUT2D eigenvalue weighted by molar-refractivity contribution is 0.0389. The molecule has 2 aliphatic heterocycles. The number of aliphatic imine (C=N–C) groups is 1. The van der Waals surface area contributed by atoms with Crippen molar-refractivity contribution in [3.8, 4) is 5.75 Å². The third kappa shape index (κ3) is 7.25. The minimum Gasteiger partial charge on any atom is -0.497 e. The standard InChI is InChI=1S/C22H36N4O3.HI/c1-3-23-21(24-10-11-26-12-16-29-17-13-26)25-18-22(8-14-28-15-9-22)19-4-6-20(27-2)7-5-19;/h4-7H,3,8-18H2,1-2H3,(H2,23,24,25);1H. The Hall–Kier alpha value is -1.10. The predicted octanol–water partition coefficient (Wildman–Crippen LogP) is 2.25. The van der Waals surface area contributed by atoms with Crippen molar-refractivity contribution in [2.24, 2.45) is 4.99 Å². The molecule has 1 aromatic rings. The van der Waals surface area contributed by atoms with Gasteiger partial charge < -0.3 is 24.8 Å². The van der Waals surface area contributed by atoms with Gasteiger partial charge in [0.15, 0.2) is 5.96 Å². The van der Waals surface area contributed by atoms with Crippen molar-refractivity contribution < 1.29 is 14.2 Å². The minimum atomic E-state index is 0. The van der Waals surface area contributed by atoms with Gasteiger partial charge in [-0.15, -0.1) is 24.0 Å². The SMILES string of the molecule is CCNC(=NCC1(c2ccc(OC)cc2)CCOCC1)NCCN1CCOCC1.I. The van der Waals surface area contributed by atoms with Crippen molar-refractivity contribution in [2.75, 3.05) is 72.8 Å². The second-order valence-electron chi connectivity index (χ2n) is 7.70. The van der Waals surface area contributed by atoms with E-state index in [2.05, 4.69) is 34.6 Å². The second-order valence-corrected chi connectivity index (χ2v) is 7.70. The van der Waals surface area contributed by atoms with Crippen LogP contribution >= 0.6 is 24.0 Å². The number of halogens is 1. The van der Waals surface area contributed by atoms with Crippen LogP contribution in [0.5, 0.6) is 5.75 Å². The van der Waals surface area contributed by atoms with E-state index in [4.69, 9.17) is 19.2 Å². The molecular weight excluding hydrogens is 495 g/mol. The largest absolute Gasteiger partial charge is 0.497 e. The number of hydrogen-bond acceptors (Lipinski definition) is 5. The predicted molar refractivity (Wildman–Crippen MR) is 131 cm³/mol. The van der Waals surface area contributed by atoms with Gasteiger partial charge in [0.05, 0.1) is 26.9 Å². The van der Waals surface area contributed by atoms with Crippen LogP contribution in [0.25, 0.3) is 0 Å². The van der Waals surface area contributed by atoms with Crippen LogP contribution in [-0.2, 0) is 14.9 Å². The van der Waals surface area contributed by atoms with E-state index in [0.717, 1.165) is 90.2 Å². The van der Waals surface area contributed by atoms with Crippen molar-refractivity contribution in [2.45, 2.75) is 25.2 Å². The summed E-state index contributed by atoms with van der Waals surface area (Å²) in [6.07, 6.45) is 1.96. The highest BCUT2D eigenvalue weighted by Gasteiger charge is 2.34. The molecule has 0 bridgehead atoms. The summed E-state index contributed by atoms with van der Waals surface area (Å²) in [5.41, 5.74) is 1.33. The number of ether oxygens (including phenoxy) is 3. The van der Waals surface area contributed by atoms with Crippen LogP contribution in [-0.4, -0.2) is 83.7 Å². The van der Waals surface area contributed by atoms with Gasteiger partial charge in [0.2, 0.25) is 0 Å². The van der Waals surface area contributed by atoms with Crippen molar-refractivity contribution in [3.63, 3.8) is 0 Å². The number of hydrogen-bond donors (Lipinski definition) is 2. The normalized spacial score (nSPS) is 19.6. The zero-order valence-corrected chi connectivity index (χ0v) is 20.7. The monoisotopic (exact) mass is 532 g/mol. The van der Waals surface area contributed by atoms with E-state index in [9.17, 15) is 0 Å². The highest BCUT2D eigenvalue weighted by Crippen LogP contribution is 2.36. The Morgan fingerprint density at radius 1 is 1.07 bits per heavy atom. The van der Waals surface area contributed by atoms with Crippen molar-refractivity contribution in [3.05, 3.63) is 29.8 Å². The Morgan fingerprint density at radius 3 is 2.37 bits per heavy atom. The summed E-state index contributed by atoms with van der Waals surface area (Å²) in [4.78, 5) is 7.40. The molecule has 0 amide bonds. The fraction of sp³-hybridized carbons (Fsp3) is 0.682. The fourth-order valence-electron chi connectivity index (χ4n) is 3.97. The van der Waals surface area contributed by atoms with Crippen molar-refractivity contribution >= 4 is 29.9 Å². The summed E-state index contributed by atoms with van der Waals surface area (Å²) in [6.45, 7) is 10.8. The highest BCUT2D eigenvalue weighted by atomic mass is 127. The minimum absolute atomic E-state index is 0. The first-order valence-electron chi connectivity index (χ1n) is 10.8. The Kier molecular flexibility index (Phi) is 11.2. The van der Waals surface area contributed by atoms with Gasteiger partial charge in [-0.2, -0.15) is 0 Å². The molecular formula is C22H37IN4O3. The molecule has 0 unspecified atom stereocenters. The smallest absolute Gasteiger partial charge is 0.191 e. The van der Waals surface area contributed by atoms with Gasteiger partial charge >= 0.3 is 0 Å². The highest BCUT2D eigenvalue weighted by molar-refractivity contribution is 14.0. The first-order chi connectivity index (χ1) is 14.3. The van der Waals surface area contributed by atoms with E-state index < -0.39 is 0 Å². The molecule has 3 rings (SSSR count). The molecule has 0 aromatic heterocycles. The molecule has 0 aliphatic carbocycles. The van der Waals surface area contributed by atoms with E-state index in [1.807, 2.05) is 12.1 Å². The van der Waals surface area contributed by atoms with Gasteiger partial charge in [0, 0.05) is 51.4 Å². The molecule has 1 aromatic carbocycles. The Bertz CT molecular complexity index is 630. The molecule has 2 saturated heterocycles. The lowest BCUT2D eigenvalue weighted by Crippen LogP contribution is -2.45. The summed E-state index contributed by atoms with van der Waals surface area (Å²) in [5.74, 6) is 1.78. The zero-order chi connectivity index (χ0) is 20.4. The molecule has 2 heterocycles. The summed E-state index contributed by atoms with van der Waals surface area (Å²) in [7, 11) is 1.70. The molecule has 0 saturated carbocycles. The molecule has 7 nitrogen and oxygen atoms in total. The lowest BCUT2D eigenvalue weighted by atomic mass is 9.74. The third-order valence-electron chi connectivity index (χ3n) is 5.86. The number of rotatable bonds is 8. The first-order valence-corrected chi connectivity index (χ1v) is 10.8. The molecule has 170 valence electrons. The summed E-state index contributed by atoms with van der Waals surface area (Å²) < 4.78 is 16.4. The zero-order valence-electron chi connectivity index (χ0n) is 18.3. The van der Waals surface area contributed by atoms with Gasteiger partial charge in [-0.3, -0.25) is 9.89 Å². The van der Waals surface area contributed by atoms with Crippen LogP contribution in [0, 0.1) is 0 Å². The average Bonchev–Trinajstić information content (AvgIpc) is 2.79. The summed E-state index contributed by atoms with van der Waals surface area (Å²) in [6, 6.07) is 8.45. The molecule has 0 spiro atoms. The molecule has 0 radical (unpaired) electrons. The Labute approximate surface area is 197 Å². The topological polar surface area (TPSA) is 67.4 Å². The van der Waals surface area contributed by atoms with Gasteiger partial charge in [-0.1, -0.05) is 12.1 Å². The molecule has 2 fully saturated rings.